The minimum absolute atomic E-state index is 0.115. The largest absolute Gasteiger partial charge is 0.478 e. The zero-order chi connectivity index (χ0) is 14.8. The molecule has 6 nitrogen and oxygen atoms in total. The summed E-state index contributed by atoms with van der Waals surface area (Å²) in [5.74, 6) is -1.04. The SMILES string of the molecule is COCCOCCCOCc1cccc(N)c1C(=O)O. The average molecular weight is 283 g/mol. The summed E-state index contributed by atoms with van der Waals surface area (Å²) < 4.78 is 15.6. The van der Waals surface area contributed by atoms with Crippen LogP contribution in [0.15, 0.2) is 18.2 Å². The highest BCUT2D eigenvalue weighted by molar-refractivity contribution is 5.95. The smallest absolute Gasteiger partial charge is 0.338 e. The number of carboxylic acids is 1. The number of nitrogens with two attached hydrogens (primary N) is 1. The van der Waals surface area contributed by atoms with Crippen molar-refractivity contribution in [3.05, 3.63) is 29.3 Å². The Morgan fingerprint density at radius 1 is 1.20 bits per heavy atom. The molecule has 0 bridgehead atoms. The lowest BCUT2D eigenvalue weighted by Gasteiger charge is -2.09. The van der Waals surface area contributed by atoms with Crippen molar-refractivity contribution in [3.63, 3.8) is 0 Å². The summed E-state index contributed by atoms with van der Waals surface area (Å²) in [6, 6.07) is 4.99. The normalized spacial score (nSPS) is 10.7. The summed E-state index contributed by atoms with van der Waals surface area (Å²) in [4.78, 5) is 11.1. The Hall–Kier alpha value is -1.63. The molecule has 0 unspecified atom stereocenters. The Morgan fingerprint density at radius 2 is 1.95 bits per heavy atom. The summed E-state index contributed by atoms with van der Waals surface area (Å²) in [6.45, 7) is 2.46. The number of nitrogen functional groups attached to an aromatic ring is 1. The lowest BCUT2D eigenvalue weighted by atomic mass is 10.1. The van der Waals surface area contributed by atoms with E-state index in [-0.39, 0.29) is 17.9 Å². The van der Waals surface area contributed by atoms with Crippen LogP contribution in [0.5, 0.6) is 0 Å². The van der Waals surface area contributed by atoms with E-state index in [0.717, 1.165) is 6.42 Å². The molecule has 0 aliphatic heterocycles. The highest BCUT2D eigenvalue weighted by Crippen LogP contribution is 2.17. The molecule has 0 radical (unpaired) electrons. The van der Waals surface area contributed by atoms with E-state index in [2.05, 4.69) is 0 Å². The summed E-state index contributed by atoms with van der Waals surface area (Å²) in [5, 5.41) is 9.10. The molecule has 1 aromatic rings. The van der Waals surface area contributed by atoms with Gasteiger partial charge in [-0.3, -0.25) is 0 Å². The Balaban J connectivity index is 2.29. The van der Waals surface area contributed by atoms with Crippen LogP contribution in [0.1, 0.15) is 22.3 Å². The van der Waals surface area contributed by atoms with Gasteiger partial charge in [-0.1, -0.05) is 12.1 Å². The van der Waals surface area contributed by atoms with Gasteiger partial charge in [-0.2, -0.15) is 0 Å². The number of methoxy groups -OCH3 is 1. The molecule has 0 atom stereocenters. The van der Waals surface area contributed by atoms with Gasteiger partial charge in [0.15, 0.2) is 0 Å². The molecule has 0 saturated carbocycles. The van der Waals surface area contributed by atoms with E-state index in [1.54, 1.807) is 25.3 Å². The number of benzene rings is 1. The van der Waals surface area contributed by atoms with E-state index in [0.29, 0.717) is 32.0 Å². The molecule has 20 heavy (non-hydrogen) atoms. The van der Waals surface area contributed by atoms with Crippen LogP contribution in [0.25, 0.3) is 0 Å². The van der Waals surface area contributed by atoms with Gasteiger partial charge in [-0.15, -0.1) is 0 Å². The number of hydrogen-bond acceptors (Lipinski definition) is 5. The molecular formula is C14H21NO5. The lowest BCUT2D eigenvalue weighted by Crippen LogP contribution is -2.09. The first kappa shape index (κ1) is 16.4. The van der Waals surface area contributed by atoms with E-state index in [1.165, 1.54) is 0 Å². The molecular weight excluding hydrogens is 262 g/mol. The molecule has 6 heteroatoms. The van der Waals surface area contributed by atoms with Gasteiger partial charge < -0.3 is 25.1 Å². The van der Waals surface area contributed by atoms with Crippen LogP contribution in [0, 0.1) is 0 Å². The molecule has 3 N–H and O–H groups in total. The number of carbonyl (C=O) groups is 1. The monoisotopic (exact) mass is 283 g/mol. The van der Waals surface area contributed by atoms with Crippen LogP contribution in [0.2, 0.25) is 0 Å². The highest BCUT2D eigenvalue weighted by Gasteiger charge is 2.13. The van der Waals surface area contributed by atoms with Gasteiger partial charge in [-0.05, 0) is 18.1 Å². The lowest BCUT2D eigenvalue weighted by molar-refractivity contribution is 0.0478. The van der Waals surface area contributed by atoms with E-state index in [4.69, 9.17) is 25.1 Å². The standard InChI is InChI=1S/C14H21NO5/c1-18-8-9-19-6-3-7-20-10-11-4-2-5-12(15)13(11)14(16)17/h2,4-5H,3,6-10,15H2,1H3,(H,16,17). The number of anilines is 1. The molecule has 0 heterocycles. The number of rotatable bonds is 10. The first-order chi connectivity index (χ1) is 9.66. The molecule has 0 fully saturated rings. The van der Waals surface area contributed by atoms with Crippen molar-refractivity contribution < 1.29 is 24.1 Å². The molecule has 0 aromatic heterocycles. The second-order valence-electron chi connectivity index (χ2n) is 4.20. The summed E-state index contributed by atoms with van der Waals surface area (Å²) in [5.41, 5.74) is 6.60. The van der Waals surface area contributed by atoms with Crippen LogP contribution in [0.3, 0.4) is 0 Å². The van der Waals surface area contributed by atoms with Crippen LogP contribution in [-0.4, -0.2) is 44.6 Å². The van der Waals surface area contributed by atoms with Gasteiger partial charge in [-0.25, -0.2) is 4.79 Å². The molecule has 112 valence electrons. The zero-order valence-electron chi connectivity index (χ0n) is 11.6. The first-order valence-electron chi connectivity index (χ1n) is 6.42. The van der Waals surface area contributed by atoms with Gasteiger partial charge in [0.2, 0.25) is 0 Å². The summed E-state index contributed by atoms with van der Waals surface area (Å²) in [6.07, 6.45) is 0.744. The Labute approximate surface area is 118 Å². The van der Waals surface area contributed by atoms with Gasteiger partial charge in [0.05, 0.1) is 25.4 Å². The number of carboxylic acid groups (broad SMARTS) is 1. The van der Waals surface area contributed by atoms with Crippen molar-refractivity contribution in [1.29, 1.82) is 0 Å². The van der Waals surface area contributed by atoms with Gasteiger partial charge >= 0.3 is 5.97 Å². The second-order valence-corrected chi connectivity index (χ2v) is 4.20. The maximum Gasteiger partial charge on any atom is 0.338 e. The molecule has 1 aromatic carbocycles. The van der Waals surface area contributed by atoms with Crippen LogP contribution < -0.4 is 5.73 Å². The van der Waals surface area contributed by atoms with E-state index < -0.39 is 5.97 Å². The van der Waals surface area contributed by atoms with E-state index in [9.17, 15) is 4.79 Å². The van der Waals surface area contributed by atoms with E-state index >= 15 is 0 Å². The van der Waals surface area contributed by atoms with Crippen molar-refractivity contribution in [3.8, 4) is 0 Å². The molecule has 1 rings (SSSR count). The first-order valence-corrected chi connectivity index (χ1v) is 6.42. The number of hydrogen-bond donors (Lipinski definition) is 2. The summed E-state index contributed by atoms with van der Waals surface area (Å²) in [7, 11) is 1.62. The fraction of sp³-hybridized carbons (Fsp3) is 0.500. The van der Waals surface area contributed by atoms with Crippen LogP contribution in [0.4, 0.5) is 5.69 Å². The van der Waals surface area contributed by atoms with E-state index in [1.807, 2.05) is 0 Å². The molecule has 0 spiro atoms. The second kappa shape index (κ2) is 9.30. The summed E-state index contributed by atoms with van der Waals surface area (Å²) >= 11 is 0. The van der Waals surface area contributed by atoms with Crippen molar-refractivity contribution >= 4 is 11.7 Å². The Morgan fingerprint density at radius 3 is 2.65 bits per heavy atom. The Kier molecular flexibility index (Phi) is 7.64. The molecule has 0 amide bonds. The predicted octanol–water partition coefficient (Wildman–Crippen LogP) is 1.54. The topological polar surface area (TPSA) is 91.0 Å². The van der Waals surface area contributed by atoms with Gasteiger partial charge in [0.1, 0.15) is 0 Å². The molecule has 0 saturated heterocycles. The highest BCUT2D eigenvalue weighted by atomic mass is 16.5. The van der Waals surface area contributed by atoms with Crippen LogP contribution >= 0.6 is 0 Å². The minimum atomic E-state index is -1.04. The minimum Gasteiger partial charge on any atom is -0.478 e. The number of aromatic carboxylic acids is 1. The third-order valence-electron chi connectivity index (χ3n) is 2.66. The van der Waals surface area contributed by atoms with Gasteiger partial charge in [0, 0.05) is 26.0 Å². The average Bonchev–Trinajstić information content (AvgIpc) is 2.41. The third-order valence-corrected chi connectivity index (χ3v) is 2.66. The zero-order valence-corrected chi connectivity index (χ0v) is 11.6. The molecule has 0 aliphatic rings. The predicted molar refractivity (Wildman–Crippen MR) is 74.8 cm³/mol. The van der Waals surface area contributed by atoms with Crippen molar-refractivity contribution in [2.24, 2.45) is 0 Å². The molecule has 0 aliphatic carbocycles. The van der Waals surface area contributed by atoms with Crippen molar-refractivity contribution in [2.75, 3.05) is 39.3 Å². The van der Waals surface area contributed by atoms with Gasteiger partial charge in [0.25, 0.3) is 0 Å². The Bertz CT molecular complexity index is 422. The quantitative estimate of drug-likeness (QED) is 0.500. The number of ether oxygens (including phenoxy) is 3. The fourth-order valence-electron chi connectivity index (χ4n) is 1.69. The third kappa shape index (κ3) is 5.56. The van der Waals surface area contributed by atoms with Crippen molar-refractivity contribution in [2.45, 2.75) is 13.0 Å². The maximum absolute atomic E-state index is 11.1. The maximum atomic E-state index is 11.1. The fourth-order valence-corrected chi connectivity index (χ4v) is 1.69. The van der Waals surface area contributed by atoms with Crippen LogP contribution in [-0.2, 0) is 20.8 Å². The van der Waals surface area contributed by atoms with Crippen molar-refractivity contribution in [1.82, 2.24) is 0 Å².